The molecule has 0 radical (unpaired) electrons. The fraction of sp³-hybridized carbons (Fsp3) is 0.533. The molecule has 0 aliphatic heterocycles. The molecule has 118 valence electrons. The van der Waals surface area contributed by atoms with Crippen LogP contribution in [0.4, 0.5) is 8.78 Å². The highest BCUT2D eigenvalue weighted by Crippen LogP contribution is 2.24. The van der Waals surface area contributed by atoms with Crippen molar-refractivity contribution < 1.29 is 13.6 Å². The molecule has 0 aliphatic rings. The van der Waals surface area contributed by atoms with Crippen LogP contribution >= 0.6 is 0 Å². The highest BCUT2D eigenvalue weighted by atomic mass is 19.1. The SMILES string of the molecule is CC(N)C(C)C(=O)NCC(c1c(F)cccc1F)N(C)C. The van der Waals surface area contributed by atoms with Gasteiger partial charge in [0.25, 0.3) is 0 Å². The fourth-order valence-electron chi connectivity index (χ4n) is 1.97. The van der Waals surface area contributed by atoms with Gasteiger partial charge >= 0.3 is 0 Å². The predicted molar refractivity (Wildman–Crippen MR) is 78.6 cm³/mol. The van der Waals surface area contributed by atoms with Crippen LogP contribution in [0.3, 0.4) is 0 Å². The summed E-state index contributed by atoms with van der Waals surface area (Å²) in [6, 6.07) is 2.86. The average molecular weight is 299 g/mol. The van der Waals surface area contributed by atoms with Crippen molar-refractivity contribution in [1.82, 2.24) is 10.2 Å². The molecule has 1 aromatic carbocycles. The third-order valence-electron chi connectivity index (χ3n) is 3.63. The zero-order valence-corrected chi connectivity index (χ0v) is 12.9. The molecule has 21 heavy (non-hydrogen) atoms. The lowest BCUT2D eigenvalue weighted by atomic mass is 10.0. The number of rotatable bonds is 6. The van der Waals surface area contributed by atoms with Gasteiger partial charge in [-0.1, -0.05) is 13.0 Å². The van der Waals surface area contributed by atoms with Crippen LogP contribution in [-0.2, 0) is 4.79 Å². The summed E-state index contributed by atoms with van der Waals surface area (Å²) in [6.07, 6.45) is 0. The number of likely N-dealkylation sites (N-methyl/N-ethyl adjacent to an activating group) is 1. The van der Waals surface area contributed by atoms with E-state index in [1.54, 1.807) is 32.8 Å². The van der Waals surface area contributed by atoms with Crippen molar-refractivity contribution in [3.05, 3.63) is 35.4 Å². The van der Waals surface area contributed by atoms with Gasteiger partial charge < -0.3 is 16.0 Å². The molecule has 0 saturated heterocycles. The Balaban J connectivity index is 2.87. The molecule has 6 heteroatoms. The molecule has 3 unspecified atom stereocenters. The summed E-state index contributed by atoms with van der Waals surface area (Å²) in [4.78, 5) is 13.6. The number of nitrogens with two attached hydrogens (primary N) is 1. The Kier molecular flexibility index (Phi) is 6.23. The van der Waals surface area contributed by atoms with E-state index >= 15 is 0 Å². The van der Waals surface area contributed by atoms with E-state index in [9.17, 15) is 13.6 Å². The maximum atomic E-state index is 13.9. The Morgan fingerprint density at radius 2 is 1.81 bits per heavy atom. The lowest BCUT2D eigenvalue weighted by molar-refractivity contribution is -0.125. The van der Waals surface area contributed by atoms with E-state index in [0.29, 0.717) is 0 Å². The smallest absolute Gasteiger partial charge is 0.224 e. The van der Waals surface area contributed by atoms with E-state index < -0.39 is 17.7 Å². The second-order valence-corrected chi connectivity index (χ2v) is 5.51. The lowest BCUT2D eigenvalue weighted by Gasteiger charge is -2.26. The summed E-state index contributed by atoms with van der Waals surface area (Å²) < 4.78 is 27.7. The highest BCUT2D eigenvalue weighted by molar-refractivity contribution is 5.78. The fourth-order valence-corrected chi connectivity index (χ4v) is 1.97. The van der Waals surface area contributed by atoms with Gasteiger partial charge in [0.1, 0.15) is 11.6 Å². The standard InChI is InChI=1S/C15H23F2N3O/c1-9(10(2)18)15(21)19-8-13(20(3)4)14-11(16)6-5-7-12(14)17/h5-7,9-10,13H,8,18H2,1-4H3,(H,19,21). The van der Waals surface area contributed by atoms with Crippen LogP contribution in [-0.4, -0.2) is 37.5 Å². The zero-order valence-electron chi connectivity index (χ0n) is 12.9. The maximum Gasteiger partial charge on any atom is 0.224 e. The molecule has 0 saturated carbocycles. The number of halogens is 2. The number of nitrogens with zero attached hydrogens (tertiary/aromatic N) is 1. The van der Waals surface area contributed by atoms with Crippen LogP contribution in [0.25, 0.3) is 0 Å². The van der Waals surface area contributed by atoms with Crippen molar-refractivity contribution in [3.63, 3.8) is 0 Å². The summed E-state index contributed by atoms with van der Waals surface area (Å²) >= 11 is 0. The first kappa shape index (κ1) is 17.5. The molecule has 0 heterocycles. The quantitative estimate of drug-likeness (QED) is 0.840. The second-order valence-electron chi connectivity index (χ2n) is 5.51. The van der Waals surface area contributed by atoms with Crippen LogP contribution < -0.4 is 11.1 Å². The number of benzene rings is 1. The summed E-state index contributed by atoms with van der Waals surface area (Å²) in [5, 5.41) is 2.70. The summed E-state index contributed by atoms with van der Waals surface area (Å²) in [6.45, 7) is 3.57. The van der Waals surface area contributed by atoms with Gasteiger partial charge in [-0.3, -0.25) is 4.79 Å². The Morgan fingerprint density at radius 3 is 2.24 bits per heavy atom. The largest absolute Gasteiger partial charge is 0.354 e. The van der Waals surface area contributed by atoms with Crippen molar-refractivity contribution >= 4 is 5.91 Å². The van der Waals surface area contributed by atoms with E-state index in [1.807, 2.05) is 0 Å². The van der Waals surface area contributed by atoms with Gasteiger partial charge in [-0.05, 0) is 33.2 Å². The van der Waals surface area contributed by atoms with E-state index in [1.165, 1.54) is 18.2 Å². The third kappa shape index (κ3) is 4.47. The number of amides is 1. The van der Waals surface area contributed by atoms with Gasteiger partial charge in [0.05, 0.1) is 6.04 Å². The number of nitrogens with one attached hydrogen (secondary N) is 1. The molecule has 0 fully saturated rings. The molecule has 0 aliphatic carbocycles. The van der Waals surface area contributed by atoms with Crippen LogP contribution in [0, 0.1) is 17.6 Å². The molecule has 1 rings (SSSR count). The van der Waals surface area contributed by atoms with Crippen molar-refractivity contribution in [2.45, 2.75) is 25.9 Å². The van der Waals surface area contributed by atoms with Gasteiger partial charge in [-0.2, -0.15) is 0 Å². The van der Waals surface area contributed by atoms with Crippen molar-refractivity contribution in [2.75, 3.05) is 20.6 Å². The van der Waals surface area contributed by atoms with E-state index in [0.717, 1.165) is 0 Å². The van der Waals surface area contributed by atoms with Crippen molar-refractivity contribution in [3.8, 4) is 0 Å². The molecular weight excluding hydrogens is 276 g/mol. The van der Waals surface area contributed by atoms with Crippen molar-refractivity contribution in [2.24, 2.45) is 11.7 Å². The molecule has 0 bridgehead atoms. The molecule has 4 nitrogen and oxygen atoms in total. The first-order chi connectivity index (χ1) is 9.75. The van der Waals surface area contributed by atoms with Gasteiger partial charge in [-0.25, -0.2) is 8.78 Å². The average Bonchev–Trinajstić information content (AvgIpc) is 2.40. The Hall–Kier alpha value is -1.53. The Bertz CT molecular complexity index is 472. The lowest BCUT2D eigenvalue weighted by Crippen LogP contribution is -2.42. The minimum absolute atomic E-state index is 0.0451. The minimum Gasteiger partial charge on any atom is -0.354 e. The molecule has 0 aromatic heterocycles. The first-order valence-corrected chi connectivity index (χ1v) is 6.89. The van der Waals surface area contributed by atoms with Gasteiger partial charge in [0.15, 0.2) is 0 Å². The summed E-state index contributed by atoms with van der Waals surface area (Å²) in [5.41, 5.74) is 5.63. The van der Waals surface area contributed by atoms with E-state index in [4.69, 9.17) is 5.73 Å². The maximum absolute atomic E-state index is 13.9. The molecule has 0 spiro atoms. The predicted octanol–water partition coefficient (Wildman–Crippen LogP) is 1.67. The normalized spacial score (nSPS) is 15.6. The zero-order chi connectivity index (χ0) is 16.2. The summed E-state index contributed by atoms with van der Waals surface area (Å²) in [7, 11) is 3.41. The topological polar surface area (TPSA) is 58.4 Å². The first-order valence-electron chi connectivity index (χ1n) is 6.89. The molecule has 3 atom stereocenters. The number of hydrogen-bond donors (Lipinski definition) is 2. The number of carbonyl (C=O) groups excluding carboxylic acids is 1. The van der Waals surface area contributed by atoms with Crippen LogP contribution in [0.2, 0.25) is 0 Å². The number of carbonyl (C=O) groups is 1. The molecule has 1 amide bonds. The molecular formula is C15H23F2N3O. The Labute approximate surface area is 124 Å². The minimum atomic E-state index is -0.622. The van der Waals surface area contributed by atoms with E-state index in [-0.39, 0.29) is 30.0 Å². The highest BCUT2D eigenvalue weighted by Gasteiger charge is 2.24. The molecule has 1 aromatic rings. The van der Waals surface area contributed by atoms with Crippen LogP contribution in [0.5, 0.6) is 0 Å². The van der Waals surface area contributed by atoms with Gasteiger partial charge in [0.2, 0.25) is 5.91 Å². The third-order valence-corrected chi connectivity index (χ3v) is 3.63. The summed E-state index contributed by atoms with van der Waals surface area (Å²) in [5.74, 6) is -1.83. The van der Waals surface area contributed by atoms with E-state index in [2.05, 4.69) is 5.32 Å². The van der Waals surface area contributed by atoms with Gasteiger partial charge in [-0.15, -0.1) is 0 Å². The van der Waals surface area contributed by atoms with Gasteiger partial charge in [0, 0.05) is 24.1 Å². The number of hydrogen-bond acceptors (Lipinski definition) is 3. The van der Waals surface area contributed by atoms with Crippen LogP contribution in [0.15, 0.2) is 18.2 Å². The second kappa shape index (κ2) is 7.47. The van der Waals surface area contributed by atoms with Crippen molar-refractivity contribution in [1.29, 1.82) is 0 Å². The molecule has 3 N–H and O–H groups in total. The van der Waals surface area contributed by atoms with Crippen LogP contribution in [0.1, 0.15) is 25.5 Å². The Morgan fingerprint density at radius 1 is 1.29 bits per heavy atom. The monoisotopic (exact) mass is 299 g/mol.